The highest BCUT2D eigenvalue weighted by Gasteiger charge is 1.99. The number of unbranched alkanes of at least 4 members (excludes halogenated alkanes) is 2. The first-order valence-electron chi connectivity index (χ1n) is 6.34. The Bertz CT molecular complexity index is 311. The third-order valence-corrected chi connectivity index (χ3v) is 2.56. The molecule has 0 saturated carbocycles. The summed E-state index contributed by atoms with van der Waals surface area (Å²) in [6.07, 6.45) is 3.43. The lowest BCUT2D eigenvalue weighted by Crippen LogP contribution is -2.34. The Balaban J connectivity index is 2.04. The van der Waals surface area contributed by atoms with Gasteiger partial charge in [-0.05, 0) is 12.0 Å². The van der Waals surface area contributed by atoms with Gasteiger partial charge in [-0.25, -0.2) is 0 Å². The number of carbonyl (C=O) groups is 1. The van der Waals surface area contributed by atoms with Crippen LogP contribution in [0.2, 0.25) is 0 Å². The van der Waals surface area contributed by atoms with Crippen LogP contribution in [0.3, 0.4) is 0 Å². The van der Waals surface area contributed by atoms with E-state index in [1.54, 1.807) is 0 Å². The number of nitrogens with one attached hydrogen (secondary N) is 2. The van der Waals surface area contributed by atoms with Crippen LogP contribution in [0.25, 0.3) is 0 Å². The maximum atomic E-state index is 11.4. The second-order valence-electron chi connectivity index (χ2n) is 4.15. The average Bonchev–Trinajstić information content (AvgIpc) is 2.36. The Morgan fingerprint density at radius 3 is 2.65 bits per heavy atom. The molecule has 0 saturated heterocycles. The minimum absolute atomic E-state index is 0.0806. The van der Waals surface area contributed by atoms with Crippen LogP contribution in [-0.2, 0) is 11.3 Å². The minimum Gasteiger partial charge on any atom is -0.355 e. The summed E-state index contributed by atoms with van der Waals surface area (Å²) in [7, 11) is 0. The van der Waals surface area contributed by atoms with E-state index < -0.39 is 0 Å². The van der Waals surface area contributed by atoms with Crippen molar-refractivity contribution in [2.75, 3.05) is 13.1 Å². The molecule has 3 nitrogen and oxygen atoms in total. The van der Waals surface area contributed by atoms with E-state index in [0.29, 0.717) is 6.54 Å². The van der Waals surface area contributed by atoms with Gasteiger partial charge < -0.3 is 10.6 Å². The Morgan fingerprint density at radius 2 is 1.94 bits per heavy atom. The van der Waals surface area contributed by atoms with E-state index in [1.807, 2.05) is 30.3 Å². The lowest BCUT2D eigenvalue weighted by atomic mass is 10.2. The van der Waals surface area contributed by atoms with Gasteiger partial charge in [-0.2, -0.15) is 0 Å². The monoisotopic (exact) mass is 234 g/mol. The summed E-state index contributed by atoms with van der Waals surface area (Å²) in [5, 5.41) is 6.03. The molecule has 0 fully saturated rings. The van der Waals surface area contributed by atoms with Gasteiger partial charge in [0.15, 0.2) is 0 Å². The van der Waals surface area contributed by atoms with Crippen molar-refractivity contribution in [2.45, 2.75) is 32.7 Å². The van der Waals surface area contributed by atoms with Crippen LogP contribution in [-0.4, -0.2) is 19.0 Å². The van der Waals surface area contributed by atoms with Gasteiger partial charge in [-0.1, -0.05) is 50.1 Å². The van der Waals surface area contributed by atoms with Gasteiger partial charge in [0.05, 0.1) is 6.54 Å². The second kappa shape index (κ2) is 8.76. The summed E-state index contributed by atoms with van der Waals surface area (Å²) >= 11 is 0. The molecule has 0 aliphatic rings. The van der Waals surface area contributed by atoms with Crippen molar-refractivity contribution in [3.8, 4) is 0 Å². The number of rotatable bonds is 8. The van der Waals surface area contributed by atoms with Gasteiger partial charge >= 0.3 is 0 Å². The molecule has 1 aromatic carbocycles. The molecule has 17 heavy (non-hydrogen) atoms. The van der Waals surface area contributed by atoms with E-state index in [-0.39, 0.29) is 5.91 Å². The number of hydrogen-bond donors (Lipinski definition) is 2. The quantitative estimate of drug-likeness (QED) is 0.676. The van der Waals surface area contributed by atoms with Gasteiger partial charge in [-0.3, -0.25) is 4.79 Å². The van der Waals surface area contributed by atoms with Crippen molar-refractivity contribution in [1.29, 1.82) is 0 Å². The Hall–Kier alpha value is -1.35. The zero-order chi connectivity index (χ0) is 12.3. The second-order valence-corrected chi connectivity index (χ2v) is 4.15. The molecule has 0 aliphatic carbocycles. The van der Waals surface area contributed by atoms with E-state index in [0.717, 1.165) is 19.5 Å². The van der Waals surface area contributed by atoms with Gasteiger partial charge in [0.1, 0.15) is 0 Å². The van der Waals surface area contributed by atoms with Crippen LogP contribution in [0.5, 0.6) is 0 Å². The molecule has 1 aromatic rings. The zero-order valence-electron chi connectivity index (χ0n) is 10.5. The summed E-state index contributed by atoms with van der Waals surface area (Å²) in [6.45, 7) is 4.08. The van der Waals surface area contributed by atoms with Crippen LogP contribution in [0, 0.1) is 0 Å². The van der Waals surface area contributed by atoms with Crippen LogP contribution in [0.1, 0.15) is 31.7 Å². The number of benzene rings is 1. The highest BCUT2D eigenvalue weighted by Crippen LogP contribution is 1.96. The molecule has 0 atom stereocenters. The first-order chi connectivity index (χ1) is 8.33. The van der Waals surface area contributed by atoms with Gasteiger partial charge in [-0.15, -0.1) is 0 Å². The average molecular weight is 234 g/mol. The molecule has 0 heterocycles. The molecule has 94 valence electrons. The number of carbonyl (C=O) groups excluding carboxylic acids is 1. The Labute approximate surface area is 104 Å². The molecular formula is C14H22N2O. The fraction of sp³-hybridized carbons (Fsp3) is 0.500. The Kier molecular flexibility index (Phi) is 7.07. The largest absolute Gasteiger partial charge is 0.355 e. The fourth-order valence-electron chi connectivity index (χ4n) is 1.58. The third-order valence-electron chi connectivity index (χ3n) is 2.56. The first kappa shape index (κ1) is 13.7. The third kappa shape index (κ3) is 6.74. The summed E-state index contributed by atoms with van der Waals surface area (Å²) in [5.41, 5.74) is 1.20. The standard InChI is InChI=1S/C14H22N2O/c1-2-3-7-10-16-14(17)12-15-11-13-8-5-4-6-9-13/h4-6,8-9,15H,2-3,7,10-12H2,1H3,(H,16,17). The van der Waals surface area contributed by atoms with Crippen molar-refractivity contribution in [3.63, 3.8) is 0 Å². The molecule has 0 radical (unpaired) electrons. The van der Waals surface area contributed by atoms with Crippen LogP contribution in [0.4, 0.5) is 0 Å². The van der Waals surface area contributed by atoms with E-state index in [1.165, 1.54) is 18.4 Å². The molecule has 0 aliphatic heterocycles. The van der Waals surface area contributed by atoms with Crippen molar-refractivity contribution >= 4 is 5.91 Å². The predicted octanol–water partition coefficient (Wildman–Crippen LogP) is 2.08. The lowest BCUT2D eigenvalue weighted by molar-refractivity contribution is -0.120. The van der Waals surface area contributed by atoms with Crippen molar-refractivity contribution in [2.24, 2.45) is 0 Å². The lowest BCUT2D eigenvalue weighted by Gasteiger charge is -2.06. The molecule has 2 N–H and O–H groups in total. The zero-order valence-corrected chi connectivity index (χ0v) is 10.5. The van der Waals surface area contributed by atoms with Crippen molar-refractivity contribution in [1.82, 2.24) is 10.6 Å². The first-order valence-corrected chi connectivity index (χ1v) is 6.34. The molecule has 0 aromatic heterocycles. The van der Waals surface area contributed by atoms with Gasteiger partial charge in [0.2, 0.25) is 5.91 Å². The number of amides is 1. The maximum absolute atomic E-state index is 11.4. The van der Waals surface area contributed by atoms with Gasteiger partial charge in [0, 0.05) is 13.1 Å². The maximum Gasteiger partial charge on any atom is 0.233 e. The van der Waals surface area contributed by atoms with Crippen molar-refractivity contribution < 1.29 is 4.79 Å². The number of hydrogen-bond acceptors (Lipinski definition) is 2. The van der Waals surface area contributed by atoms with E-state index >= 15 is 0 Å². The normalized spacial score (nSPS) is 10.2. The molecule has 1 rings (SSSR count). The van der Waals surface area contributed by atoms with Gasteiger partial charge in [0.25, 0.3) is 0 Å². The molecule has 0 bridgehead atoms. The summed E-state index contributed by atoms with van der Waals surface area (Å²) in [6, 6.07) is 10.1. The van der Waals surface area contributed by atoms with Crippen molar-refractivity contribution in [3.05, 3.63) is 35.9 Å². The molecule has 0 spiro atoms. The predicted molar refractivity (Wildman–Crippen MR) is 70.7 cm³/mol. The summed E-state index contributed by atoms with van der Waals surface area (Å²) in [4.78, 5) is 11.4. The molecule has 3 heteroatoms. The molecule has 1 amide bonds. The SMILES string of the molecule is CCCCCNC(=O)CNCc1ccccc1. The topological polar surface area (TPSA) is 41.1 Å². The van der Waals surface area contributed by atoms with E-state index in [2.05, 4.69) is 17.6 Å². The van der Waals surface area contributed by atoms with Crippen LogP contribution >= 0.6 is 0 Å². The Morgan fingerprint density at radius 1 is 1.18 bits per heavy atom. The fourth-order valence-corrected chi connectivity index (χ4v) is 1.58. The van der Waals surface area contributed by atoms with E-state index in [9.17, 15) is 4.79 Å². The minimum atomic E-state index is 0.0806. The highest BCUT2D eigenvalue weighted by atomic mass is 16.1. The highest BCUT2D eigenvalue weighted by molar-refractivity contribution is 5.77. The van der Waals surface area contributed by atoms with Crippen LogP contribution < -0.4 is 10.6 Å². The van der Waals surface area contributed by atoms with E-state index in [4.69, 9.17) is 0 Å². The summed E-state index contributed by atoms with van der Waals surface area (Å²) in [5.74, 6) is 0.0806. The molecule has 0 unspecified atom stereocenters. The molecular weight excluding hydrogens is 212 g/mol. The smallest absolute Gasteiger partial charge is 0.233 e. The summed E-state index contributed by atoms with van der Waals surface area (Å²) < 4.78 is 0. The van der Waals surface area contributed by atoms with Crippen LogP contribution in [0.15, 0.2) is 30.3 Å².